The molecule has 0 fully saturated rings. The molecule has 1 unspecified atom stereocenters. The minimum atomic E-state index is -0.134. The van der Waals surface area contributed by atoms with Crippen LogP contribution < -0.4 is 11.1 Å². The summed E-state index contributed by atoms with van der Waals surface area (Å²) < 4.78 is 0. The predicted octanol–water partition coefficient (Wildman–Crippen LogP) is 2.76. The average Bonchev–Trinajstić information content (AvgIpc) is 2.69. The number of rotatable bonds is 2. The molecule has 0 radical (unpaired) electrons. The molecule has 1 aliphatic carbocycles. The van der Waals surface area contributed by atoms with Gasteiger partial charge in [0.1, 0.15) is 5.82 Å². The van der Waals surface area contributed by atoms with E-state index >= 15 is 0 Å². The van der Waals surface area contributed by atoms with Crippen LogP contribution in [0.2, 0.25) is 0 Å². The third-order valence-electron chi connectivity index (χ3n) is 4.00. The number of nitrogen functional groups attached to an aromatic ring is 1. The number of nitrogens with two attached hydrogens (primary N) is 1. The molecular formula is C17H20ClN3O. The number of carbonyl (C=O) groups excluding carboxylic acids is 1. The van der Waals surface area contributed by atoms with Crippen molar-refractivity contribution in [1.82, 2.24) is 10.3 Å². The molecule has 2 aromatic rings. The molecule has 0 saturated heterocycles. The van der Waals surface area contributed by atoms with E-state index in [-0.39, 0.29) is 30.2 Å². The van der Waals surface area contributed by atoms with Crippen LogP contribution in [0.25, 0.3) is 0 Å². The number of aryl methyl sites for hydroxylation is 1. The highest BCUT2D eigenvalue weighted by molar-refractivity contribution is 5.98. The molecule has 1 amide bonds. The summed E-state index contributed by atoms with van der Waals surface area (Å²) in [6.07, 6.45) is 5.62. The van der Waals surface area contributed by atoms with E-state index in [1.54, 1.807) is 18.3 Å². The number of fused-ring (bicyclic) bond motifs is 1. The summed E-state index contributed by atoms with van der Waals surface area (Å²) in [6, 6.07) is 12.1. The van der Waals surface area contributed by atoms with Crippen molar-refractivity contribution in [2.45, 2.75) is 31.7 Å². The summed E-state index contributed by atoms with van der Waals surface area (Å²) in [4.78, 5) is 16.3. The van der Waals surface area contributed by atoms with Gasteiger partial charge in [-0.15, -0.1) is 12.4 Å². The second-order valence-corrected chi connectivity index (χ2v) is 5.47. The first-order valence-electron chi connectivity index (χ1n) is 7.32. The fourth-order valence-corrected chi connectivity index (χ4v) is 2.90. The second kappa shape index (κ2) is 7.27. The lowest BCUT2D eigenvalue weighted by Gasteiger charge is -2.17. The maximum absolute atomic E-state index is 12.3. The molecule has 1 heterocycles. The van der Waals surface area contributed by atoms with Crippen molar-refractivity contribution in [3.05, 3.63) is 59.3 Å². The summed E-state index contributed by atoms with van der Waals surface area (Å²) in [6.45, 7) is 0. The van der Waals surface area contributed by atoms with Gasteiger partial charge in [-0.2, -0.15) is 0 Å². The highest BCUT2D eigenvalue weighted by Gasteiger charge is 2.19. The smallest absolute Gasteiger partial charge is 0.255 e. The van der Waals surface area contributed by atoms with E-state index in [2.05, 4.69) is 34.6 Å². The molecule has 0 spiro atoms. The zero-order valence-electron chi connectivity index (χ0n) is 12.3. The van der Waals surface area contributed by atoms with Crippen LogP contribution in [0.1, 0.15) is 34.3 Å². The number of hydrogen-bond donors (Lipinski definition) is 2. The van der Waals surface area contributed by atoms with E-state index in [9.17, 15) is 4.79 Å². The van der Waals surface area contributed by atoms with Crippen LogP contribution >= 0.6 is 12.4 Å². The lowest BCUT2D eigenvalue weighted by molar-refractivity contribution is 0.0935. The monoisotopic (exact) mass is 317 g/mol. The molecule has 3 N–H and O–H groups in total. The Hall–Kier alpha value is -2.07. The molecule has 5 heteroatoms. The van der Waals surface area contributed by atoms with Gasteiger partial charge in [0.25, 0.3) is 5.91 Å². The number of nitrogens with zero attached hydrogens (tertiary/aromatic N) is 1. The number of pyridine rings is 1. The van der Waals surface area contributed by atoms with Crippen LogP contribution in [0, 0.1) is 0 Å². The van der Waals surface area contributed by atoms with E-state index in [1.165, 1.54) is 11.1 Å². The standard InChI is InChI=1S/C17H19N3O.ClH/c18-16-15(9-4-10-19-16)17(21)20-14-8-3-7-12-5-1-2-6-13(12)11-14;/h1-2,4-6,9-10,14H,3,7-8,11H2,(H2,18,19)(H,20,21);1H. The van der Waals surface area contributed by atoms with Crippen molar-refractivity contribution in [2.75, 3.05) is 5.73 Å². The summed E-state index contributed by atoms with van der Waals surface area (Å²) >= 11 is 0. The van der Waals surface area contributed by atoms with Crippen LogP contribution in [0.5, 0.6) is 0 Å². The van der Waals surface area contributed by atoms with Gasteiger partial charge in [0.15, 0.2) is 0 Å². The SMILES string of the molecule is Cl.Nc1ncccc1C(=O)NC1CCCc2ccccc2C1. The first kappa shape index (κ1) is 16.3. The van der Waals surface area contributed by atoms with Gasteiger partial charge in [-0.1, -0.05) is 24.3 Å². The topological polar surface area (TPSA) is 68.0 Å². The van der Waals surface area contributed by atoms with Crippen molar-refractivity contribution >= 4 is 24.1 Å². The van der Waals surface area contributed by atoms with Crippen molar-refractivity contribution in [2.24, 2.45) is 0 Å². The molecule has 1 aliphatic rings. The fraction of sp³-hybridized carbons (Fsp3) is 0.294. The Kier molecular flexibility index (Phi) is 5.39. The van der Waals surface area contributed by atoms with Crippen molar-refractivity contribution < 1.29 is 4.79 Å². The third kappa shape index (κ3) is 3.57. The Balaban J connectivity index is 0.00000176. The molecule has 1 aromatic heterocycles. The predicted molar refractivity (Wildman–Crippen MR) is 90.2 cm³/mol. The van der Waals surface area contributed by atoms with Gasteiger partial charge >= 0.3 is 0 Å². The van der Waals surface area contributed by atoms with Gasteiger partial charge < -0.3 is 11.1 Å². The Morgan fingerprint density at radius 2 is 1.95 bits per heavy atom. The molecule has 1 atom stereocenters. The minimum absolute atomic E-state index is 0. The van der Waals surface area contributed by atoms with Crippen LogP contribution in [0.3, 0.4) is 0 Å². The first-order valence-corrected chi connectivity index (χ1v) is 7.32. The molecular weight excluding hydrogens is 298 g/mol. The summed E-state index contributed by atoms with van der Waals surface area (Å²) in [5.41, 5.74) is 8.95. The molecule has 3 rings (SSSR count). The highest BCUT2D eigenvalue weighted by Crippen LogP contribution is 2.21. The number of carbonyl (C=O) groups is 1. The van der Waals surface area contributed by atoms with Gasteiger partial charge in [0, 0.05) is 12.2 Å². The largest absolute Gasteiger partial charge is 0.383 e. The summed E-state index contributed by atoms with van der Waals surface area (Å²) in [5, 5.41) is 3.10. The van der Waals surface area contributed by atoms with Crippen molar-refractivity contribution in [1.29, 1.82) is 0 Å². The number of benzene rings is 1. The molecule has 1 aromatic carbocycles. The van der Waals surface area contributed by atoms with Crippen molar-refractivity contribution in [3.63, 3.8) is 0 Å². The Bertz CT molecular complexity index is 660. The van der Waals surface area contributed by atoms with Gasteiger partial charge in [-0.25, -0.2) is 4.98 Å². The zero-order valence-corrected chi connectivity index (χ0v) is 13.1. The molecule has 0 saturated carbocycles. The van der Waals surface area contributed by atoms with Gasteiger partial charge in [0.05, 0.1) is 5.56 Å². The van der Waals surface area contributed by atoms with Crippen LogP contribution in [0.15, 0.2) is 42.6 Å². The summed E-state index contributed by atoms with van der Waals surface area (Å²) in [5.74, 6) is 0.147. The lowest BCUT2D eigenvalue weighted by Crippen LogP contribution is -2.36. The Morgan fingerprint density at radius 1 is 1.18 bits per heavy atom. The number of nitrogens with one attached hydrogen (secondary N) is 1. The average molecular weight is 318 g/mol. The molecule has 4 nitrogen and oxygen atoms in total. The van der Waals surface area contributed by atoms with E-state index in [0.717, 1.165) is 25.7 Å². The van der Waals surface area contributed by atoms with E-state index in [0.29, 0.717) is 5.56 Å². The van der Waals surface area contributed by atoms with Gasteiger partial charge in [-0.05, 0) is 48.9 Å². The number of aromatic nitrogens is 1. The molecule has 0 aliphatic heterocycles. The minimum Gasteiger partial charge on any atom is -0.383 e. The van der Waals surface area contributed by atoms with Gasteiger partial charge in [-0.3, -0.25) is 4.79 Å². The summed E-state index contributed by atoms with van der Waals surface area (Å²) in [7, 11) is 0. The highest BCUT2D eigenvalue weighted by atomic mass is 35.5. The lowest BCUT2D eigenvalue weighted by atomic mass is 10.0. The van der Waals surface area contributed by atoms with Crippen molar-refractivity contribution in [3.8, 4) is 0 Å². The second-order valence-electron chi connectivity index (χ2n) is 5.47. The normalized spacial score (nSPS) is 16.8. The maximum atomic E-state index is 12.3. The van der Waals surface area contributed by atoms with Crippen LogP contribution in [0.4, 0.5) is 5.82 Å². The van der Waals surface area contributed by atoms with Gasteiger partial charge in [0.2, 0.25) is 0 Å². The van der Waals surface area contributed by atoms with E-state index in [4.69, 9.17) is 5.73 Å². The quantitative estimate of drug-likeness (QED) is 0.837. The number of amides is 1. The van der Waals surface area contributed by atoms with Crippen LogP contribution in [-0.2, 0) is 12.8 Å². The molecule has 0 bridgehead atoms. The molecule has 22 heavy (non-hydrogen) atoms. The third-order valence-corrected chi connectivity index (χ3v) is 4.00. The number of anilines is 1. The first-order chi connectivity index (χ1) is 10.2. The van der Waals surface area contributed by atoms with Crippen LogP contribution in [-0.4, -0.2) is 16.9 Å². The maximum Gasteiger partial charge on any atom is 0.255 e. The molecule has 116 valence electrons. The van der Waals surface area contributed by atoms with E-state index < -0.39 is 0 Å². The number of halogens is 1. The Labute approximate surface area is 136 Å². The Morgan fingerprint density at radius 3 is 2.73 bits per heavy atom. The van der Waals surface area contributed by atoms with E-state index in [1.807, 2.05) is 0 Å². The zero-order chi connectivity index (χ0) is 14.7. The number of hydrogen-bond acceptors (Lipinski definition) is 3. The fourth-order valence-electron chi connectivity index (χ4n) is 2.90.